The van der Waals surface area contributed by atoms with Crippen molar-refractivity contribution in [1.82, 2.24) is 0 Å². The first-order chi connectivity index (χ1) is 15.6. The number of halogens is 2. The zero-order chi connectivity index (χ0) is 23.7. The van der Waals surface area contributed by atoms with Crippen LogP contribution in [0.25, 0.3) is 0 Å². The van der Waals surface area contributed by atoms with Crippen molar-refractivity contribution in [3.8, 4) is 6.07 Å². The van der Waals surface area contributed by atoms with Gasteiger partial charge in [0.05, 0.1) is 11.3 Å². The number of rotatable bonds is 1. The molecule has 2 aliphatic heterocycles. The molecule has 0 saturated heterocycles. The quantitative estimate of drug-likeness (QED) is 0.690. The highest BCUT2D eigenvalue weighted by molar-refractivity contribution is 6.20. The summed E-state index contributed by atoms with van der Waals surface area (Å²) < 4.78 is 28.5. The Labute approximate surface area is 189 Å². The molecule has 166 valence electrons. The second-order valence-electron chi connectivity index (χ2n) is 9.34. The van der Waals surface area contributed by atoms with E-state index in [1.54, 1.807) is 6.07 Å². The Bertz CT molecular complexity index is 1370. The summed E-state index contributed by atoms with van der Waals surface area (Å²) in [6, 6.07) is 11.4. The minimum Gasteiger partial charge on any atom is -0.384 e. The molecule has 0 aromatic heterocycles. The molecule has 1 spiro atoms. The summed E-state index contributed by atoms with van der Waals surface area (Å²) >= 11 is 0. The number of amides is 1. The van der Waals surface area contributed by atoms with Gasteiger partial charge < -0.3 is 11.1 Å². The number of nitrogens with two attached hydrogens (primary N) is 1. The minimum absolute atomic E-state index is 0.0821. The number of nitrogens with zero attached hydrogens (tertiary/aromatic N) is 2. The van der Waals surface area contributed by atoms with Crippen LogP contribution in [0.2, 0.25) is 0 Å². The predicted molar refractivity (Wildman–Crippen MR) is 117 cm³/mol. The molecule has 0 fully saturated rings. The van der Waals surface area contributed by atoms with Crippen LogP contribution in [0, 0.1) is 28.4 Å². The molecule has 1 atom stereocenters. The van der Waals surface area contributed by atoms with Crippen molar-refractivity contribution in [3.05, 3.63) is 82.3 Å². The number of nitriles is 1. The van der Waals surface area contributed by atoms with Crippen LogP contribution >= 0.6 is 0 Å². The van der Waals surface area contributed by atoms with Crippen LogP contribution in [-0.4, -0.2) is 11.7 Å². The van der Waals surface area contributed by atoms with Gasteiger partial charge in [0.1, 0.15) is 28.9 Å². The summed E-state index contributed by atoms with van der Waals surface area (Å²) in [5.41, 5.74) is 5.26. The SMILES string of the molecule is CC1(C)CC(=O)C2=C(C1)N(c1cccc(F)c1)C(N)=C(C#N)[C@@]21C(=O)Nc2ccc(F)cc21. The molecule has 33 heavy (non-hydrogen) atoms. The number of ketones is 1. The van der Waals surface area contributed by atoms with Gasteiger partial charge in [-0.15, -0.1) is 0 Å². The average molecular weight is 446 g/mol. The van der Waals surface area contributed by atoms with Crippen molar-refractivity contribution < 1.29 is 18.4 Å². The summed E-state index contributed by atoms with van der Waals surface area (Å²) in [6.07, 6.45) is 0.463. The summed E-state index contributed by atoms with van der Waals surface area (Å²) in [5.74, 6) is -2.20. The van der Waals surface area contributed by atoms with E-state index in [1.165, 1.54) is 35.2 Å². The van der Waals surface area contributed by atoms with Crippen molar-refractivity contribution in [2.75, 3.05) is 10.2 Å². The van der Waals surface area contributed by atoms with E-state index in [0.717, 1.165) is 6.07 Å². The molecular weight excluding hydrogens is 426 g/mol. The molecule has 0 bridgehead atoms. The van der Waals surface area contributed by atoms with Crippen LogP contribution in [0.1, 0.15) is 32.3 Å². The van der Waals surface area contributed by atoms with Gasteiger partial charge in [0.15, 0.2) is 5.78 Å². The normalized spacial score (nSPS) is 23.4. The Morgan fingerprint density at radius 2 is 1.82 bits per heavy atom. The monoisotopic (exact) mass is 446 g/mol. The molecule has 3 N–H and O–H groups in total. The van der Waals surface area contributed by atoms with Gasteiger partial charge in [-0.2, -0.15) is 5.26 Å². The molecule has 3 aliphatic rings. The minimum atomic E-state index is -1.87. The number of carbonyl (C=O) groups excluding carboxylic acids is 2. The lowest BCUT2D eigenvalue weighted by Gasteiger charge is -2.46. The van der Waals surface area contributed by atoms with Crippen LogP contribution in [0.3, 0.4) is 0 Å². The van der Waals surface area contributed by atoms with E-state index in [1.807, 2.05) is 19.9 Å². The van der Waals surface area contributed by atoms with Gasteiger partial charge in [0.2, 0.25) is 5.91 Å². The van der Waals surface area contributed by atoms with Crippen LogP contribution < -0.4 is 16.0 Å². The number of hydrogen-bond acceptors (Lipinski definition) is 5. The second-order valence-corrected chi connectivity index (χ2v) is 9.34. The van der Waals surface area contributed by atoms with Crippen LogP contribution in [0.15, 0.2) is 65.1 Å². The highest BCUT2D eigenvalue weighted by atomic mass is 19.1. The zero-order valence-corrected chi connectivity index (χ0v) is 18.0. The number of benzene rings is 2. The summed E-state index contributed by atoms with van der Waals surface area (Å²) in [6.45, 7) is 3.82. The Balaban J connectivity index is 1.92. The Kier molecular flexibility index (Phi) is 4.27. The fourth-order valence-corrected chi connectivity index (χ4v) is 5.30. The number of carbonyl (C=O) groups is 2. The van der Waals surface area contributed by atoms with Crippen LogP contribution in [0.4, 0.5) is 20.2 Å². The standard InChI is InChI=1S/C25H20F2N4O2/c1-24(2)10-19-21(20(32)11-24)25(16-9-14(27)6-7-18(16)30-23(25)33)17(12-28)22(29)31(19)15-5-3-4-13(26)8-15/h3-9H,10-11,29H2,1-2H3,(H,30,33)/t25-/m1/s1. The van der Waals surface area contributed by atoms with Crippen molar-refractivity contribution in [3.63, 3.8) is 0 Å². The predicted octanol–water partition coefficient (Wildman–Crippen LogP) is 4.01. The molecule has 1 amide bonds. The number of anilines is 2. The lowest BCUT2D eigenvalue weighted by atomic mass is 9.60. The van der Waals surface area contributed by atoms with Gasteiger partial charge in [-0.1, -0.05) is 19.9 Å². The van der Waals surface area contributed by atoms with E-state index < -0.39 is 28.4 Å². The molecule has 0 unspecified atom stereocenters. The zero-order valence-electron chi connectivity index (χ0n) is 18.0. The number of hydrogen-bond donors (Lipinski definition) is 2. The number of allylic oxidation sites excluding steroid dienone is 1. The number of fused-ring (bicyclic) bond motifs is 3. The molecule has 0 saturated carbocycles. The molecule has 8 heteroatoms. The van der Waals surface area contributed by atoms with Crippen molar-refractivity contribution >= 4 is 23.1 Å². The maximum Gasteiger partial charge on any atom is 0.245 e. The third kappa shape index (κ3) is 2.75. The van der Waals surface area contributed by atoms with E-state index in [-0.39, 0.29) is 34.7 Å². The van der Waals surface area contributed by atoms with Gasteiger partial charge in [-0.25, -0.2) is 8.78 Å². The van der Waals surface area contributed by atoms with E-state index in [2.05, 4.69) is 5.32 Å². The van der Waals surface area contributed by atoms with Gasteiger partial charge in [-0.05, 0) is 48.2 Å². The third-order valence-electron chi connectivity index (χ3n) is 6.52. The molecule has 2 aromatic carbocycles. The molecule has 6 nitrogen and oxygen atoms in total. The highest BCUT2D eigenvalue weighted by Crippen LogP contribution is 2.57. The first kappa shape index (κ1) is 20.9. The first-order valence-electron chi connectivity index (χ1n) is 10.4. The maximum absolute atomic E-state index is 14.4. The lowest BCUT2D eigenvalue weighted by Crippen LogP contribution is -2.52. The molecule has 1 aliphatic carbocycles. The average Bonchev–Trinajstić information content (AvgIpc) is 2.99. The van der Waals surface area contributed by atoms with Gasteiger partial charge in [-0.3, -0.25) is 14.5 Å². The summed E-state index contributed by atoms with van der Waals surface area (Å²) in [5, 5.41) is 12.9. The first-order valence-corrected chi connectivity index (χ1v) is 10.4. The maximum atomic E-state index is 14.4. The largest absolute Gasteiger partial charge is 0.384 e. The third-order valence-corrected chi connectivity index (χ3v) is 6.52. The van der Waals surface area contributed by atoms with E-state index in [9.17, 15) is 23.6 Å². The van der Waals surface area contributed by atoms with Crippen molar-refractivity contribution in [2.45, 2.75) is 32.1 Å². The lowest BCUT2D eigenvalue weighted by molar-refractivity contribution is -0.123. The van der Waals surface area contributed by atoms with Crippen molar-refractivity contribution in [1.29, 1.82) is 5.26 Å². The highest BCUT2D eigenvalue weighted by Gasteiger charge is 2.61. The topological polar surface area (TPSA) is 99.2 Å². The van der Waals surface area contributed by atoms with E-state index >= 15 is 0 Å². The van der Waals surface area contributed by atoms with Crippen LogP contribution in [-0.2, 0) is 15.0 Å². The van der Waals surface area contributed by atoms with Gasteiger partial charge in [0, 0.05) is 28.9 Å². The smallest absolute Gasteiger partial charge is 0.245 e. The van der Waals surface area contributed by atoms with Gasteiger partial charge in [0.25, 0.3) is 0 Å². The number of Topliss-reactive ketones (excluding diaryl/α,β-unsaturated/α-hetero) is 1. The van der Waals surface area contributed by atoms with E-state index in [0.29, 0.717) is 23.5 Å². The Hall–Kier alpha value is -3.99. The second kappa shape index (κ2) is 6.75. The Morgan fingerprint density at radius 1 is 1.09 bits per heavy atom. The Morgan fingerprint density at radius 3 is 2.52 bits per heavy atom. The molecule has 5 rings (SSSR count). The summed E-state index contributed by atoms with van der Waals surface area (Å²) in [7, 11) is 0. The van der Waals surface area contributed by atoms with Crippen molar-refractivity contribution in [2.24, 2.45) is 11.1 Å². The summed E-state index contributed by atoms with van der Waals surface area (Å²) in [4.78, 5) is 28.7. The fourth-order valence-electron chi connectivity index (χ4n) is 5.30. The molecule has 2 heterocycles. The molecular formula is C25H20F2N4O2. The van der Waals surface area contributed by atoms with Gasteiger partial charge >= 0.3 is 0 Å². The number of nitrogens with one attached hydrogen (secondary N) is 1. The van der Waals surface area contributed by atoms with E-state index in [4.69, 9.17) is 5.73 Å². The fraction of sp³-hybridized carbons (Fsp3) is 0.240. The molecule has 0 radical (unpaired) electrons. The molecule has 2 aromatic rings. The van der Waals surface area contributed by atoms with Crippen LogP contribution in [0.5, 0.6) is 0 Å².